The first kappa shape index (κ1) is 26.5. The standard InChI is InChI=1S/C23H30ClN3O5S/c1-17(23(29)25-2)26(16-18-10-12-19(24)13-11-18)22(28)9-6-14-27(33(4,30)31)20-7-5-8-21(15-20)32-3/h5,7-8,10-13,15,17H,6,9,14,16H2,1-4H3,(H,25,29). The molecule has 0 aromatic heterocycles. The van der Waals surface area contributed by atoms with Gasteiger partial charge in [-0.05, 0) is 43.2 Å². The van der Waals surface area contributed by atoms with Crippen molar-refractivity contribution in [3.63, 3.8) is 0 Å². The van der Waals surface area contributed by atoms with E-state index < -0.39 is 16.1 Å². The molecule has 1 N–H and O–H groups in total. The van der Waals surface area contributed by atoms with Gasteiger partial charge in [-0.1, -0.05) is 29.8 Å². The predicted molar refractivity (Wildman–Crippen MR) is 130 cm³/mol. The summed E-state index contributed by atoms with van der Waals surface area (Å²) in [6, 6.07) is 13.1. The average Bonchev–Trinajstić information content (AvgIpc) is 2.79. The van der Waals surface area contributed by atoms with Gasteiger partial charge in [0, 0.05) is 37.6 Å². The van der Waals surface area contributed by atoms with Crippen LogP contribution in [0.15, 0.2) is 48.5 Å². The molecule has 33 heavy (non-hydrogen) atoms. The second kappa shape index (κ2) is 11.9. The molecule has 0 aliphatic rings. The molecule has 180 valence electrons. The second-order valence-electron chi connectivity index (χ2n) is 7.58. The molecule has 0 fully saturated rings. The Morgan fingerprint density at radius 3 is 2.39 bits per heavy atom. The lowest BCUT2D eigenvalue weighted by atomic mass is 10.1. The topological polar surface area (TPSA) is 96.0 Å². The van der Waals surface area contributed by atoms with Crippen molar-refractivity contribution >= 4 is 39.1 Å². The van der Waals surface area contributed by atoms with Crippen LogP contribution in [0.25, 0.3) is 0 Å². The van der Waals surface area contributed by atoms with Gasteiger partial charge >= 0.3 is 0 Å². The van der Waals surface area contributed by atoms with E-state index in [1.807, 2.05) is 0 Å². The Morgan fingerprint density at radius 2 is 1.82 bits per heavy atom. The van der Waals surface area contributed by atoms with Gasteiger partial charge in [-0.3, -0.25) is 13.9 Å². The van der Waals surface area contributed by atoms with E-state index in [9.17, 15) is 18.0 Å². The lowest BCUT2D eigenvalue weighted by Gasteiger charge is -2.29. The van der Waals surface area contributed by atoms with Crippen LogP contribution in [0.3, 0.4) is 0 Å². The Labute approximate surface area is 200 Å². The summed E-state index contributed by atoms with van der Waals surface area (Å²) in [6.07, 6.45) is 1.47. The summed E-state index contributed by atoms with van der Waals surface area (Å²) in [4.78, 5) is 26.8. The van der Waals surface area contributed by atoms with Crippen molar-refractivity contribution in [3.8, 4) is 5.75 Å². The Balaban J connectivity index is 2.14. The number of sulfonamides is 1. The summed E-state index contributed by atoms with van der Waals surface area (Å²) in [5.74, 6) is -0.00244. The van der Waals surface area contributed by atoms with Gasteiger partial charge < -0.3 is 15.0 Å². The number of amides is 2. The van der Waals surface area contributed by atoms with E-state index in [-0.39, 0.29) is 37.7 Å². The molecule has 0 aliphatic carbocycles. The molecule has 0 saturated carbocycles. The molecule has 10 heteroatoms. The lowest BCUT2D eigenvalue weighted by molar-refractivity contribution is -0.140. The monoisotopic (exact) mass is 495 g/mol. The van der Waals surface area contributed by atoms with Gasteiger partial charge in [0.2, 0.25) is 21.8 Å². The molecule has 2 aromatic rings. The van der Waals surface area contributed by atoms with Crippen LogP contribution in [0.5, 0.6) is 5.75 Å². The highest BCUT2D eigenvalue weighted by Crippen LogP contribution is 2.24. The zero-order valence-corrected chi connectivity index (χ0v) is 20.8. The lowest BCUT2D eigenvalue weighted by Crippen LogP contribution is -2.46. The molecule has 0 aliphatic heterocycles. The smallest absolute Gasteiger partial charge is 0.242 e. The summed E-state index contributed by atoms with van der Waals surface area (Å²) < 4.78 is 31.2. The van der Waals surface area contributed by atoms with E-state index in [0.717, 1.165) is 11.8 Å². The third kappa shape index (κ3) is 7.64. The molecule has 2 amide bonds. The number of methoxy groups -OCH3 is 1. The number of anilines is 1. The van der Waals surface area contributed by atoms with E-state index in [2.05, 4.69) is 5.32 Å². The molecule has 0 heterocycles. The highest BCUT2D eigenvalue weighted by molar-refractivity contribution is 7.92. The minimum absolute atomic E-state index is 0.0743. The quantitative estimate of drug-likeness (QED) is 0.517. The first-order valence-corrected chi connectivity index (χ1v) is 12.7. The zero-order valence-electron chi connectivity index (χ0n) is 19.2. The fraction of sp³-hybridized carbons (Fsp3) is 0.391. The maximum absolute atomic E-state index is 13.1. The van der Waals surface area contributed by atoms with Crippen molar-refractivity contribution in [2.45, 2.75) is 32.4 Å². The maximum atomic E-state index is 13.1. The molecule has 2 aromatic carbocycles. The molecule has 1 atom stereocenters. The molecule has 0 bridgehead atoms. The molecule has 0 radical (unpaired) electrons. The average molecular weight is 496 g/mol. The number of hydrogen-bond acceptors (Lipinski definition) is 5. The molecule has 8 nitrogen and oxygen atoms in total. The fourth-order valence-corrected chi connectivity index (χ4v) is 4.43. The van der Waals surface area contributed by atoms with Crippen molar-refractivity contribution < 1.29 is 22.7 Å². The van der Waals surface area contributed by atoms with Crippen LogP contribution in [0.1, 0.15) is 25.3 Å². The number of rotatable bonds is 11. The van der Waals surface area contributed by atoms with E-state index in [4.69, 9.17) is 16.3 Å². The van der Waals surface area contributed by atoms with Gasteiger partial charge in [-0.2, -0.15) is 0 Å². The number of nitrogens with one attached hydrogen (secondary N) is 1. The summed E-state index contributed by atoms with van der Waals surface area (Å²) >= 11 is 5.94. The number of carbonyl (C=O) groups excluding carboxylic acids is 2. The normalized spacial score (nSPS) is 12.0. The summed E-state index contributed by atoms with van der Waals surface area (Å²) in [5, 5.41) is 3.15. The van der Waals surface area contributed by atoms with Gasteiger partial charge in [0.05, 0.1) is 19.1 Å². The van der Waals surface area contributed by atoms with Crippen molar-refractivity contribution in [3.05, 3.63) is 59.1 Å². The number of halogens is 1. The number of likely N-dealkylation sites (N-methyl/N-ethyl adjacent to an activating group) is 1. The minimum Gasteiger partial charge on any atom is -0.497 e. The van der Waals surface area contributed by atoms with Crippen LogP contribution in [0, 0.1) is 0 Å². The molecule has 1 unspecified atom stereocenters. The Bertz CT molecular complexity index is 1060. The third-order valence-electron chi connectivity index (χ3n) is 5.17. The molecule has 0 spiro atoms. The zero-order chi connectivity index (χ0) is 24.6. The Hall–Kier alpha value is -2.78. The number of hydrogen-bond donors (Lipinski definition) is 1. The Morgan fingerprint density at radius 1 is 1.15 bits per heavy atom. The third-order valence-corrected chi connectivity index (χ3v) is 6.62. The van der Waals surface area contributed by atoms with E-state index in [1.165, 1.54) is 23.4 Å². The first-order valence-electron chi connectivity index (χ1n) is 10.4. The number of ether oxygens (including phenoxy) is 1. The second-order valence-corrected chi connectivity index (χ2v) is 9.92. The highest BCUT2D eigenvalue weighted by atomic mass is 35.5. The van der Waals surface area contributed by atoms with Gasteiger partial charge in [0.15, 0.2) is 0 Å². The van der Waals surface area contributed by atoms with Gasteiger partial charge in [-0.25, -0.2) is 8.42 Å². The minimum atomic E-state index is -3.57. The highest BCUT2D eigenvalue weighted by Gasteiger charge is 2.26. The Kier molecular flexibility index (Phi) is 9.55. The van der Waals surface area contributed by atoms with Crippen LogP contribution in [0.4, 0.5) is 5.69 Å². The maximum Gasteiger partial charge on any atom is 0.242 e. The summed E-state index contributed by atoms with van der Waals surface area (Å²) in [7, 11) is -0.550. The first-order chi connectivity index (χ1) is 15.6. The van der Waals surface area contributed by atoms with E-state index in [0.29, 0.717) is 16.5 Å². The number of nitrogens with zero attached hydrogens (tertiary/aromatic N) is 2. The molecule has 2 rings (SSSR count). The number of benzene rings is 2. The number of carbonyl (C=O) groups is 2. The van der Waals surface area contributed by atoms with Crippen LogP contribution in [-0.4, -0.2) is 58.1 Å². The van der Waals surface area contributed by atoms with Crippen LogP contribution < -0.4 is 14.4 Å². The van der Waals surface area contributed by atoms with Crippen LogP contribution >= 0.6 is 11.6 Å². The van der Waals surface area contributed by atoms with Crippen molar-refractivity contribution in [2.75, 3.05) is 31.3 Å². The van der Waals surface area contributed by atoms with Gasteiger partial charge in [-0.15, -0.1) is 0 Å². The van der Waals surface area contributed by atoms with Crippen molar-refractivity contribution in [1.82, 2.24) is 10.2 Å². The van der Waals surface area contributed by atoms with Crippen molar-refractivity contribution in [2.24, 2.45) is 0 Å². The van der Waals surface area contributed by atoms with Crippen molar-refractivity contribution in [1.29, 1.82) is 0 Å². The SMILES string of the molecule is CNC(=O)C(C)N(Cc1ccc(Cl)cc1)C(=O)CCCN(c1cccc(OC)c1)S(C)(=O)=O. The van der Waals surface area contributed by atoms with Crippen LogP contribution in [0.2, 0.25) is 5.02 Å². The largest absolute Gasteiger partial charge is 0.497 e. The molecular formula is C23H30ClN3O5S. The van der Waals surface area contributed by atoms with E-state index >= 15 is 0 Å². The van der Waals surface area contributed by atoms with E-state index in [1.54, 1.807) is 55.5 Å². The summed E-state index contributed by atoms with van der Waals surface area (Å²) in [5.41, 5.74) is 1.29. The fourth-order valence-electron chi connectivity index (χ4n) is 3.35. The predicted octanol–water partition coefficient (Wildman–Crippen LogP) is 3.06. The van der Waals surface area contributed by atoms with Crippen LogP contribution in [-0.2, 0) is 26.2 Å². The van der Waals surface area contributed by atoms with Gasteiger partial charge in [0.1, 0.15) is 11.8 Å². The molecule has 0 saturated heterocycles. The molecular weight excluding hydrogens is 466 g/mol. The van der Waals surface area contributed by atoms with Gasteiger partial charge in [0.25, 0.3) is 0 Å². The summed E-state index contributed by atoms with van der Waals surface area (Å²) in [6.45, 7) is 2.00.